The van der Waals surface area contributed by atoms with Crippen LogP contribution >= 0.6 is 0 Å². The molecule has 0 heterocycles. The average Bonchev–Trinajstić information content (AvgIpc) is 2.59. The van der Waals surface area contributed by atoms with Crippen molar-refractivity contribution in [2.24, 2.45) is 0 Å². The maximum Gasteiger partial charge on any atom is 0.262 e. The fraction of sp³-hybridized carbons (Fsp3) is 0.263. The van der Waals surface area contributed by atoms with E-state index in [1.165, 1.54) is 0 Å². The number of ether oxygens (including phenoxy) is 1. The van der Waals surface area contributed by atoms with E-state index in [1.807, 2.05) is 56.3 Å². The van der Waals surface area contributed by atoms with Gasteiger partial charge in [0.2, 0.25) is 0 Å². The van der Waals surface area contributed by atoms with Crippen molar-refractivity contribution in [2.75, 3.05) is 7.11 Å². The number of fused-ring (bicyclic) bond motifs is 1. The molecule has 0 aliphatic carbocycles. The molecule has 1 N–H and O–H groups in total. The Balaban J connectivity index is 2.47. The molecule has 0 radical (unpaired) electrons. The van der Waals surface area contributed by atoms with Crippen molar-refractivity contribution >= 4 is 22.8 Å². The van der Waals surface area contributed by atoms with E-state index in [4.69, 9.17) is 4.74 Å². The summed E-state index contributed by atoms with van der Waals surface area (Å²) < 4.78 is 5.36. The van der Waals surface area contributed by atoms with Gasteiger partial charge in [-0.3, -0.25) is 4.79 Å². The zero-order valence-electron chi connectivity index (χ0n) is 13.6. The van der Waals surface area contributed by atoms with Crippen LogP contribution in [0, 0.1) is 11.3 Å². The number of hydrogen-bond donors (Lipinski definition) is 1. The van der Waals surface area contributed by atoms with Crippen molar-refractivity contribution in [3.05, 3.63) is 47.5 Å². The van der Waals surface area contributed by atoms with Gasteiger partial charge in [0.1, 0.15) is 17.4 Å². The van der Waals surface area contributed by atoms with Crippen molar-refractivity contribution < 1.29 is 9.53 Å². The molecule has 4 nitrogen and oxygen atoms in total. The third kappa shape index (κ3) is 3.70. The minimum Gasteiger partial charge on any atom is -0.496 e. The summed E-state index contributed by atoms with van der Waals surface area (Å²) in [5.41, 5.74) is 0.915. The van der Waals surface area contributed by atoms with Crippen LogP contribution in [-0.2, 0) is 4.79 Å². The smallest absolute Gasteiger partial charge is 0.262 e. The number of nitrogens with zero attached hydrogens (tertiary/aromatic N) is 1. The highest BCUT2D eigenvalue weighted by atomic mass is 16.5. The molecule has 0 fully saturated rings. The molecule has 1 atom stereocenters. The van der Waals surface area contributed by atoms with Crippen LogP contribution in [0.5, 0.6) is 5.75 Å². The minimum absolute atomic E-state index is 0.0341. The lowest BCUT2D eigenvalue weighted by molar-refractivity contribution is -0.117. The molecule has 0 aliphatic heterocycles. The molecule has 2 aromatic rings. The second-order valence-corrected chi connectivity index (χ2v) is 5.36. The first kappa shape index (κ1) is 16.6. The topological polar surface area (TPSA) is 62.1 Å². The maximum absolute atomic E-state index is 12.2. The maximum atomic E-state index is 12.2. The molecule has 118 valence electrons. The van der Waals surface area contributed by atoms with Gasteiger partial charge in [-0.15, -0.1) is 0 Å². The molecule has 1 amide bonds. The second kappa shape index (κ2) is 7.46. The molecule has 0 spiro atoms. The van der Waals surface area contributed by atoms with Crippen LogP contribution in [0.1, 0.15) is 25.8 Å². The van der Waals surface area contributed by atoms with Crippen LogP contribution in [0.25, 0.3) is 16.8 Å². The number of hydrogen-bond acceptors (Lipinski definition) is 3. The summed E-state index contributed by atoms with van der Waals surface area (Å²) in [7, 11) is 1.62. The summed E-state index contributed by atoms with van der Waals surface area (Å²) >= 11 is 0. The molecular weight excluding hydrogens is 288 g/mol. The predicted molar refractivity (Wildman–Crippen MR) is 92.0 cm³/mol. The molecule has 2 aromatic carbocycles. The standard InChI is InChI=1S/C19H20N2O2/c1-4-13(2)21-19(22)15(12-20)11-14-9-10-18(23-3)17-8-6-5-7-16(14)17/h5-11,13H,4H2,1-3H3,(H,21,22)/b15-11+/t13-/m0/s1. The van der Waals surface area contributed by atoms with E-state index in [-0.39, 0.29) is 17.5 Å². The predicted octanol–water partition coefficient (Wildman–Crippen LogP) is 3.67. The molecule has 0 bridgehead atoms. The summed E-state index contributed by atoms with van der Waals surface area (Å²) in [5.74, 6) is 0.419. The Morgan fingerprint density at radius 1 is 1.30 bits per heavy atom. The van der Waals surface area contributed by atoms with Crippen LogP contribution in [0.3, 0.4) is 0 Å². The van der Waals surface area contributed by atoms with E-state index in [2.05, 4.69) is 5.32 Å². The van der Waals surface area contributed by atoms with E-state index >= 15 is 0 Å². The van der Waals surface area contributed by atoms with Gasteiger partial charge < -0.3 is 10.1 Å². The van der Waals surface area contributed by atoms with E-state index in [9.17, 15) is 10.1 Å². The van der Waals surface area contributed by atoms with Gasteiger partial charge in [-0.25, -0.2) is 0 Å². The highest BCUT2D eigenvalue weighted by Gasteiger charge is 2.12. The van der Waals surface area contributed by atoms with Gasteiger partial charge >= 0.3 is 0 Å². The van der Waals surface area contributed by atoms with Crippen LogP contribution in [0.4, 0.5) is 0 Å². The number of benzene rings is 2. The number of amides is 1. The zero-order chi connectivity index (χ0) is 16.8. The Bertz CT molecular complexity index is 788. The highest BCUT2D eigenvalue weighted by Crippen LogP contribution is 2.29. The molecule has 23 heavy (non-hydrogen) atoms. The molecule has 0 unspecified atom stereocenters. The summed E-state index contributed by atoms with van der Waals surface area (Å²) in [6, 6.07) is 13.5. The number of carbonyl (C=O) groups excluding carboxylic acids is 1. The Kier molecular flexibility index (Phi) is 5.37. The first-order chi connectivity index (χ1) is 11.1. The Labute approximate surface area is 136 Å². The summed E-state index contributed by atoms with van der Waals surface area (Å²) in [5, 5.41) is 14.0. The van der Waals surface area contributed by atoms with Crippen LogP contribution in [0.2, 0.25) is 0 Å². The summed E-state index contributed by atoms with van der Waals surface area (Å²) in [6.07, 6.45) is 2.44. The quantitative estimate of drug-likeness (QED) is 0.677. The van der Waals surface area contributed by atoms with Gasteiger partial charge in [0, 0.05) is 11.4 Å². The Hall–Kier alpha value is -2.80. The Morgan fingerprint density at radius 3 is 2.61 bits per heavy atom. The Morgan fingerprint density at radius 2 is 2.00 bits per heavy atom. The molecule has 0 saturated heterocycles. The number of nitriles is 1. The average molecular weight is 308 g/mol. The molecular formula is C19H20N2O2. The minimum atomic E-state index is -0.346. The third-order valence-corrected chi connectivity index (χ3v) is 3.79. The first-order valence-electron chi connectivity index (χ1n) is 7.59. The number of methoxy groups -OCH3 is 1. The van der Waals surface area contributed by atoms with Gasteiger partial charge in [0.25, 0.3) is 5.91 Å². The summed E-state index contributed by atoms with van der Waals surface area (Å²) in [6.45, 7) is 3.90. The van der Waals surface area contributed by atoms with Crippen molar-refractivity contribution in [2.45, 2.75) is 26.3 Å². The lowest BCUT2D eigenvalue weighted by Crippen LogP contribution is -2.32. The monoisotopic (exact) mass is 308 g/mol. The van der Waals surface area contributed by atoms with Crippen LogP contribution < -0.4 is 10.1 Å². The van der Waals surface area contributed by atoms with Gasteiger partial charge in [-0.2, -0.15) is 5.26 Å². The van der Waals surface area contributed by atoms with E-state index in [0.29, 0.717) is 0 Å². The molecule has 0 saturated carbocycles. The zero-order valence-corrected chi connectivity index (χ0v) is 13.6. The van der Waals surface area contributed by atoms with E-state index in [0.717, 1.165) is 28.5 Å². The fourth-order valence-electron chi connectivity index (χ4n) is 2.31. The van der Waals surface area contributed by atoms with Crippen LogP contribution in [-0.4, -0.2) is 19.1 Å². The largest absolute Gasteiger partial charge is 0.496 e. The number of rotatable bonds is 5. The lowest BCUT2D eigenvalue weighted by atomic mass is 10.0. The van der Waals surface area contributed by atoms with Gasteiger partial charge in [-0.05, 0) is 36.4 Å². The normalized spacial score (nSPS) is 12.5. The van der Waals surface area contributed by atoms with Gasteiger partial charge in [0.05, 0.1) is 7.11 Å². The van der Waals surface area contributed by atoms with Crippen LogP contribution in [0.15, 0.2) is 42.0 Å². The molecule has 0 aromatic heterocycles. The van der Waals surface area contributed by atoms with Gasteiger partial charge in [0.15, 0.2) is 0 Å². The SMILES string of the molecule is CC[C@H](C)NC(=O)/C(C#N)=C/c1ccc(OC)c2ccccc12. The highest BCUT2D eigenvalue weighted by molar-refractivity contribution is 6.04. The van der Waals surface area contributed by atoms with Crippen molar-refractivity contribution in [1.82, 2.24) is 5.32 Å². The van der Waals surface area contributed by atoms with Crippen molar-refractivity contribution in [1.29, 1.82) is 5.26 Å². The number of nitrogens with one attached hydrogen (secondary N) is 1. The van der Waals surface area contributed by atoms with E-state index < -0.39 is 0 Å². The third-order valence-electron chi connectivity index (χ3n) is 3.79. The van der Waals surface area contributed by atoms with Gasteiger partial charge in [-0.1, -0.05) is 37.3 Å². The lowest BCUT2D eigenvalue weighted by Gasteiger charge is -2.11. The fourth-order valence-corrected chi connectivity index (χ4v) is 2.31. The molecule has 4 heteroatoms. The van der Waals surface area contributed by atoms with Crippen molar-refractivity contribution in [3.63, 3.8) is 0 Å². The summed E-state index contributed by atoms with van der Waals surface area (Å²) in [4.78, 5) is 12.2. The molecule has 2 rings (SSSR count). The first-order valence-corrected chi connectivity index (χ1v) is 7.59. The van der Waals surface area contributed by atoms with E-state index in [1.54, 1.807) is 13.2 Å². The van der Waals surface area contributed by atoms with Crippen molar-refractivity contribution in [3.8, 4) is 11.8 Å². The number of carbonyl (C=O) groups is 1. The molecule has 0 aliphatic rings. The second-order valence-electron chi connectivity index (χ2n) is 5.36.